The lowest BCUT2D eigenvalue weighted by atomic mass is 10.2. The van der Waals surface area contributed by atoms with Gasteiger partial charge in [0.25, 0.3) is 11.8 Å². The molecule has 0 fully saturated rings. The molecule has 0 aliphatic carbocycles. The minimum Gasteiger partial charge on any atom is -0.496 e. The van der Waals surface area contributed by atoms with Crippen LogP contribution in [0.5, 0.6) is 17.2 Å². The largest absolute Gasteiger partial charge is 0.496 e. The molecular weight excluding hydrogens is 450 g/mol. The lowest BCUT2D eigenvalue weighted by Crippen LogP contribution is -2.48. The van der Waals surface area contributed by atoms with E-state index in [2.05, 4.69) is 32.1 Å². The van der Waals surface area contributed by atoms with Gasteiger partial charge < -0.3 is 14.2 Å². The Balaban J connectivity index is 1.94. The number of nitrogens with one attached hydrogen (secondary N) is 3. The van der Waals surface area contributed by atoms with Crippen LogP contribution in [0.1, 0.15) is 20.7 Å². The van der Waals surface area contributed by atoms with Crippen LogP contribution in [-0.4, -0.2) is 38.3 Å². The van der Waals surface area contributed by atoms with Crippen molar-refractivity contribution in [3.8, 4) is 17.2 Å². The predicted molar refractivity (Wildman–Crippen MR) is 111 cm³/mol. The molecule has 0 bridgehead atoms. The first-order valence-electron chi connectivity index (χ1n) is 7.86. The highest BCUT2D eigenvalue weighted by atomic mass is 79.9. The number of hydrogen-bond donors (Lipinski definition) is 3. The second kappa shape index (κ2) is 9.90. The summed E-state index contributed by atoms with van der Waals surface area (Å²) in [5.41, 5.74) is 5.56. The zero-order valence-electron chi connectivity index (χ0n) is 15.3. The number of rotatable bonds is 5. The second-order valence-corrected chi connectivity index (χ2v) is 6.54. The van der Waals surface area contributed by atoms with Gasteiger partial charge in [-0.15, -0.1) is 0 Å². The number of carbonyl (C=O) groups is 2. The summed E-state index contributed by atoms with van der Waals surface area (Å²) in [4.78, 5) is 24.5. The lowest BCUT2D eigenvalue weighted by molar-refractivity contribution is 0.0934. The minimum atomic E-state index is -0.468. The van der Waals surface area contributed by atoms with Crippen LogP contribution in [0.4, 0.5) is 0 Å². The molecule has 10 heteroatoms. The van der Waals surface area contributed by atoms with Crippen LogP contribution in [0.15, 0.2) is 40.9 Å². The van der Waals surface area contributed by atoms with Gasteiger partial charge in [0.15, 0.2) is 16.6 Å². The Kier molecular flexibility index (Phi) is 7.59. The van der Waals surface area contributed by atoms with E-state index >= 15 is 0 Å². The molecule has 0 saturated heterocycles. The van der Waals surface area contributed by atoms with Crippen molar-refractivity contribution in [2.24, 2.45) is 0 Å². The molecule has 28 heavy (non-hydrogen) atoms. The van der Waals surface area contributed by atoms with E-state index in [1.54, 1.807) is 30.3 Å². The Bertz CT molecular complexity index is 907. The summed E-state index contributed by atoms with van der Waals surface area (Å²) in [6, 6.07) is 9.52. The smallest absolute Gasteiger partial charge is 0.269 e. The van der Waals surface area contributed by atoms with Gasteiger partial charge in [-0.25, -0.2) is 0 Å². The Labute approximate surface area is 175 Å². The van der Waals surface area contributed by atoms with Gasteiger partial charge in [0.05, 0.1) is 25.8 Å². The van der Waals surface area contributed by atoms with Gasteiger partial charge in [-0.2, -0.15) is 0 Å². The van der Waals surface area contributed by atoms with Crippen LogP contribution in [0.3, 0.4) is 0 Å². The molecule has 2 amide bonds. The standard InChI is InChI=1S/C18H18BrN3O5S/c1-25-13-6-4-10(8-12(13)19)16(23)20-18(28)22-21-17(24)11-5-7-14(26-2)15(9-11)27-3/h4-9H,1-3H3,(H,21,24)(H2,20,22,23,28). The summed E-state index contributed by atoms with van der Waals surface area (Å²) in [5, 5.41) is 2.40. The van der Waals surface area contributed by atoms with E-state index in [1.165, 1.54) is 27.4 Å². The fourth-order valence-electron chi connectivity index (χ4n) is 2.18. The second-order valence-electron chi connectivity index (χ2n) is 5.28. The highest BCUT2D eigenvalue weighted by Crippen LogP contribution is 2.27. The molecule has 2 aromatic carbocycles. The molecule has 148 valence electrons. The Hall–Kier alpha value is -2.85. The molecule has 0 aliphatic heterocycles. The van der Waals surface area contributed by atoms with Crippen molar-refractivity contribution in [1.82, 2.24) is 16.2 Å². The summed E-state index contributed by atoms with van der Waals surface area (Å²) in [7, 11) is 4.50. The Morgan fingerprint density at radius 2 is 1.39 bits per heavy atom. The van der Waals surface area contributed by atoms with E-state index in [-0.39, 0.29) is 5.11 Å². The molecule has 2 aromatic rings. The van der Waals surface area contributed by atoms with Crippen molar-refractivity contribution < 1.29 is 23.8 Å². The first-order valence-corrected chi connectivity index (χ1v) is 9.07. The number of methoxy groups -OCH3 is 3. The highest BCUT2D eigenvalue weighted by Gasteiger charge is 2.13. The van der Waals surface area contributed by atoms with Crippen LogP contribution in [-0.2, 0) is 0 Å². The molecule has 0 saturated carbocycles. The van der Waals surface area contributed by atoms with Crippen molar-refractivity contribution in [2.45, 2.75) is 0 Å². The van der Waals surface area contributed by atoms with E-state index in [0.29, 0.717) is 32.8 Å². The molecule has 0 heterocycles. The number of ether oxygens (including phenoxy) is 3. The number of benzene rings is 2. The molecule has 0 radical (unpaired) electrons. The van der Waals surface area contributed by atoms with Crippen molar-refractivity contribution in [1.29, 1.82) is 0 Å². The van der Waals surface area contributed by atoms with Gasteiger partial charge >= 0.3 is 0 Å². The topological polar surface area (TPSA) is 97.9 Å². The van der Waals surface area contributed by atoms with Crippen LogP contribution in [0, 0.1) is 0 Å². The lowest BCUT2D eigenvalue weighted by Gasteiger charge is -2.12. The maximum Gasteiger partial charge on any atom is 0.269 e. The van der Waals surface area contributed by atoms with Gasteiger partial charge in [0, 0.05) is 11.1 Å². The maximum absolute atomic E-state index is 12.2. The van der Waals surface area contributed by atoms with Crippen molar-refractivity contribution in [3.05, 3.63) is 52.0 Å². The number of thiocarbonyl (C=S) groups is 1. The van der Waals surface area contributed by atoms with E-state index in [1.807, 2.05) is 0 Å². The first-order chi connectivity index (χ1) is 13.4. The normalized spacial score (nSPS) is 9.86. The first kappa shape index (κ1) is 21.5. The zero-order valence-corrected chi connectivity index (χ0v) is 17.7. The summed E-state index contributed by atoms with van der Waals surface area (Å²) < 4.78 is 16.0. The molecule has 0 unspecified atom stereocenters. The molecule has 0 aromatic heterocycles. The van der Waals surface area contributed by atoms with Gasteiger partial charge in [0.1, 0.15) is 5.75 Å². The van der Waals surface area contributed by atoms with E-state index in [0.717, 1.165) is 0 Å². The fourth-order valence-corrected chi connectivity index (χ4v) is 2.86. The van der Waals surface area contributed by atoms with Crippen molar-refractivity contribution in [2.75, 3.05) is 21.3 Å². The Morgan fingerprint density at radius 1 is 0.821 bits per heavy atom. The van der Waals surface area contributed by atoms with Gasteiger partial charge in [-0.3, -0.25) is 25.8 Å². The quantitative estimate of drug-likeness (QED) is 0.458. The van der Waals surface area contributed by atoms with Crippen molar-refractivity contribution in [3.63, 3.8) is 0 Å². The SMILES string of the molecule is COc1ccc(C(=O)NC(=S)NNC(=O)c2ccc(OC)c(OC)c2)cc1Br. The summed E-state index contributed by atoms with van der Waals surface area (Å²) >= 11 is 8.34. The van der Waals surface area contributed by atoms with Crippen LogP contribution in [0.2, 0.25) is 0 Å². The summed E-state index contributed by atoms with van der Waals surface area (Å²) in [6.45, 7) is 0. The number of carbonyl (C=O) groups excluding carboxylic acids is 2. The highest BCUT2D eigenvalue weighted by molar-refractivity contribution is 9.10. The number of amides is 2. The number of hydrazine groups is 1. The van der Waals surface area contributed by atoms with Crippen LogP contribution in [0.25, 0.3) is 0 Å². The monoisotopic (exact) mass is 467 g/mol. The van der Waals surface area contributed by atoms with E-state index in [9.17, 15) is 9.59 Å². The molecule has 0 atom stereocenters. The predicted octanol–water partition coefficient (Wildman–Crippen LogP) is 2.42. The fraction of sp³-hybridized carbons (Fsp3) is 0.167. The van der Waals surface area contributed by atoms with Gasteiger partial charge in [-0.1, -0.05) is 0 Å². The van der Waals surface area contributed by atoms with Crippen LogP contribution < -0.4 is 30.4 Å². The molecular formula is C18H18BrN3O5S. The summed E-state index contributed by atoms with van der Waals surface area (Å²) in [6.07, 6.45) is 0. The van der Waals surface area contributed by atoms with E-state index in [4.69, 9.17) is 26.4 Å². The van der Waals surface area contributed by atoms with Gasteiger partial charge in [0.2, 0.25) is 0 Å². The number of hydrogen-bond acceptors (Lipinski definition) is 6. The third-order valence-electron chi connectivity index (χ3n) is 3.58. The van der Waals surface area contributed by atoms with Crippen molar-refractivity contribution >= 4 is 45.1 Å². The molecule has 2 rings (SSSR count). The molecule has 3 N–H and O–H groups in total. The average Bonchev–Trinajstić information content (AvgIpc) is 2.71. The minimum absolute atomic E-state index is 0.0641. The molecule has 0 aliphatic rings. The number of halogens is 1. The molecule has 0 spiro atoms. The summed E-state index contributed by atoms with van der Waals surface area (Å²) in [5.74, 6) is 0.599. The third-order valence-corrected chi connectivity index (χ3v) is 4.40. The molecule has 8 nitrogen and oxygen atoms in total. The van der Waals surface area contributed by atoms with Crippen LogP contribution >= 0.6 is 28.1 Å². The Morgan fingerprint density at radius 3 is 1.96 bits per heavy atom. The van der Waals surface area contributed by atoms with E-state index < -0.39 is 11.8 Å². The average molecular weight is 468 g/mol. The zero-order chi connectivity index (χ0) is 20.7. The van der Waals surface area contributed by atoms with Gasteiger partial charge in [-0.05, 0) is 64.5 Å². The third kappa shape index (κ3) is 5.33. The maximum atomic E-state index is 12.2.